The van der Waals surface area contributed by atoms with Crippen molar-refractivity contribution in [3.63, 3.8) is 0 Å². The van der Waals surface area contributed by atoms with E-state index in [1.54, 1.807) is 21.0 Å². The fourth-order valence-corrected chi connectivity index (χ4v) is 3.27. The summed E-state index contributed by atoms with van der Waals surface area (Å²) in [4.78, 5) is 13.0. The molecule has 21 heavy (non-hydrogen) atoms. The molecule has 0 saturated heterocycles. The monoisotopic (exact) mass is 329 g/mol. The van der Waals surface area contributed by atoms with Crippen LogP contribution in [0.4, 0.5) is 0 Å². The molecule has 0 spiro atoms. The minimum Gasteiger partial charge on any atom is -0.348 e. The summed E-state index contributed by atoms with van der Waals surface area (Å²) in [6.07, 6.45) is 0. The van der Waals surface area contributed by atoms with Crippen molar-refractivity contribution in [2.75, 3.05) is 27.2 Å². The van der Waals surface area contributed by atoms with Crippen molar-refractivity contribution in [3.8, 4) is 6.07 Å². The fourth-order valence-electron chi connectivity index (χ4n) is 1.56. The molecule has 0 radical (unpaired) electrons. The largest absolute Gasteiger partial charge is 0.348 e. The van der Waals surface area contributed by atoms with E-state index >= 15 is 0 Å². The summed E-state index contributed by atoms with van der Waals surface area (Å²) in [6, 6.07) is 5.74. The molecule has 0 atom stereocenters. The van der Waals surface area contributed by atoms with E-state index in [0.717, 1.165) is 4.31 Å². The number of benzene rings is 1. The van der Waals surface area contributed by atoms with E-state index < -0.39 is 10.0 Å². The molecule has 8 heteroatoms. The van der Waals surface area contributed by atoms with Gasteiger partial charge in [-0.05, 0) is 18.2 Å². The quantitative estimate of drug-likeness (QED) is 0.815. The Hall–Kier alpha value is -1.62. The zero-order valence-corrected chi connectivity index (χ0v) is 13.6. The Morgan fingerprint density at radius 1 is 1.38 bits per heavy atom. The van der Waals surface area contributed by atoms with Crippen LogP contribution in [0.1, 0.15) is 12.5 Å². The molecule has 0 heterocycles. The zero-order chi connectivity index (χ0) is 16.2. The number of nitriles is 1. The van der Waals surface area contributed by atoms with Crippen molar-refractivity contribution in [1.82, 2.24) is 9.21 Å². The molecule has 1 amide bonds. The van der Waals surface area contributed by atoms with E-state index in [9.17, 15) is 13.2 Å². The summed E-state index contributed by atoms with van der Waals surface area (Å²) in [5.74, 6) is -0.319. The lowest BCUT2D eigenvalue weighted by molar-refractivity contribution is -0.128. The molecule has 0 unspecified atom stereocenters. The number of carbonyl (C=O) groups excluding carboxylic acids is 1. The highest BCUT2D eigenvalue weighted by atomic mass is 35.5. The van der Waals surface area contributed by atoms with Crippen LogP contribution < -0.4 is 0 Å². The molecular weight excluding hydrogens is 314 g/mol. The smallest absolute Gasteiger partial charge is 0.243 e. The third-order valence-electron chi connectivity index (χ3n) is 2.86. The molecule has 0 bridgehead atoms. The van der Waals surface area contributed by atoms with E-state index in [0.29, 0.717) is 0 Å². The predicted octanol–water partition coefficient (Wildman–Crippen LogP) is 1.31. The second kappa shape index (κ2) is 6.89. The van der Waals surface area contributed by atoms with E-state index in [-0.39, 0.29) is 34.5 Å². The summed E-state index contributed by atoms with van der Waals surface area (Å²) in [7, 11) is -0.721. The lowest BCUT2D eigenvalue weighted by atomic mass is 10.2. The van der Waals surface area contributed by atoms with Gasteiger partial charge in [0.15, 0.2) is 0 Å². The number of rotatable bonds is 5. The van der Waals surface area contributed by atoms with Gasteiger partial charge in [-0.3, -0.25) is 4.79 Å². The molecule has 0 fully saturated rings. The number of amides is 1. The van der Waals surface area contributed by atoms with Crippen molar-refractivity contribution in [2.45, 2.75) is 11.8 Å². The van der Waals surface area contributed by atoms with Gasteiger partial charge in [-0.1, -0.05) is 18.5 Å². The maximum Gasteiger partial charge on any atom is 0.243 e. The van der Waals surface area contributed by atoms with Crippen LogP contribution in [-0.4, -0.2) is 50.7 Å². The SMILES string of the molecule is CCN(CC(=O)N(C)C)S(=O)(=O)c1ccc(C#N)c(Cl)c1. The number of hydrogen-bond donors (Lipinski definition) is 0. The Balaban J connectivity index is 3.16. The van der Waals surface area contributed by atoms with Crippen LogP contribution in [0, 0.1) is 11.3 Å². The normalized spacial score (nSPS) is 11.2. The maximum atomic E-state index is 12.5. The van der Waals surface area contributed by atoms with Crippen LogP contribution in [0.25, 0.3) is 0 Å². The number of likely N-dealkylation sites (N-methyl/N-ethyl adjacent to an activating group) is 2. The van der Waals surface area contributed by atoms with E-state index in [4.69, 9.17) is 16.9 Å². The topological polar surface area (TPSA) is 81.5 Å². The fraction of sp³-hybridized carbons (Fsp3) is 0.385. The molecule has 1 aromatic carbocycles. The van der Waals surface area contributed by atoms with Gasteiger partial charge in [0.1, 0.15) is 6.07 Å². The molecule has 0 aliphatic carbocycles. The average Bonchev–Trinajstić information content (AvgIpc) is 2.43. The van der Waals surface area contributed by atoms with Crippen LogP contribution in [0.15, 0.2) is 23.1 Å². The van der Waals surface area contributed by atoms with Crippen LogP contribution in [-0.2, 0) is 14.8 Å². The van der Waals surface area contributed by atoms with Crippen molar-refractivity contribution in [1.29, 1.82) is 5.26 Å². The summed E-state index contributed by atoms with van der Waals surface area (Å²) in [5.41, 5.74) is 0.197. The Labute approximate surface area is 129 Å². The molecule has 0 aromatic heterocycles. The second-order valence-electron chi connectivity index (χ2n) is 4.47. The Bertz CT molecular complexity index is 680. The molecule has 1 aromatic rings. The number of carbonyl (C=O) groups is 1. The first-order chi connectivity index (χ1) is 9.73. The molecule has 114 valence electrons. The maximum absolute atomic E-state index is 12.5. The van der Waals surface area contributed by atoms with Gasteiger partial charge in [0.05, 0.1) is 22.0 Å². The van der Waals surface area contributed by atoms with Crippen LogP contribution in [0.2, 0.25) is 5.02 Å². The summed E-state index contributed by atoms with van der Waals surface area (Å²) < 4.78 is 26.0. The van der Waals surface area contributed by atoms with E-state index in [1.165, 1.54) is 23.1 Å². The zero-order valence-electron chi connectivity index (χ0n) is 12.0. The van der Waals surface area contributed by atoms with Crippen LogP contribution in [0.5, 0.6) is 0 Å². The number of nitrogens with zero attached hydrogens (tertiary/aromatic N) is 3. The van der Waals surface area contributed by atoms with Crippen molar-refractivity contribution < 1.29 is 13.2 Å². The third kappa shape index (κ3) is 3.94. The van der Waals surface area contributed by atoms with Gasteiger partial charge in [-0.2, -0.15) is 9.57 Å². The molecule has 0 N–H and O–H groups in total. The van der Waals surface area contributed by atoms with E-state index in [1.807, 2.05) is 6.07 Å². The van der Waals surface area contributed by atoms with Gasteiger partial charge in [-0.15, -0.1) is 0 Å². The van der Waals surface area contributed by atoms with Gasteiger partial charge in [0.2, 0.25) is 15.9 Å². The molecule has 0 aliphatic heterocycles. The standard InChI is InChI=1S/C13H16ClN3O3S/c1-4-17(9-13(18)16(2)3)21(19,20)11-6-5-10(8-15)12(14)7-11/h5-7H,4,9H2,1-3H3. The Morgan fingerprint density at radius 2 is 2.00 bits per heavy atom. The predicted molar refractivity (Wildman–Crippen MR) is 79.3 cm³/mol. The average molecular weight is 330 g/mol. The number of halogens is 1. The van der Waals surface area contributed by atoms with Crippen LogP contribution >= 0.6 is 11.6 Å². The molecular formula is C13H16ClN3O3S. The Morgan fingerprint density at radius 3 is 2.43 bits per heavy atom. The first kappa shape index (κ1) is 17.4. The lowest BCUT2D eigenvalue weighted by Crippen LogP contribution is -2.40. The number of hydrogen-bond acceptors (Lipinski definition) is 4. The first-order valence-corrected chi connectivity index (χ1v) is 7.95. The van der Waals surface area contributed by atoms with Crippen molar-refractivity contribution in [3.05, 3.63) is 28.8 Å². The minimum absolute atomic E-state index is 0.0418. The molecule has 1 rings (SSSR count). The Kier molecular flexibility index (Phi) is 5.72. The number of sulfonamides is 1. The van der Waals surface area contributed by atoms with Crippen molar-refractivity contribution in [2.24, 2.45) is 0 Å². The second-order valence-corrected chi connectivity index (χ2v) is 6.82. The highest BCUT2D eigenvalue weighted by Gasteiger charge is 2.26. The van der Waals surface area contributed by atoms with E-state index in [2.05, 4.69) is 0 Å². The van der Waals surface area contributed by atoms with Gasteiger partial charge in [0, 0.05) is 20.6 Å². The lowest BCUT2D eigenvalue weighted by Gasteiger charge is -2.22. The van der Waals surface area contributed by atoms with Crippen molar-refractivity contribution >= 4 is 27.5 Å². The van der Waals surface area contributed by atoms with Gasteiger partial charge in [-0.25, -0.2) is 8.42 Å². The van der Waals surface area contributed by atoms with Gasteiger partial charge >= 0.3 is 0 Å². The highest BCUT2D eigenvalue weighted by Crippen LogP contribution is 2.22. The summed E-state index contributed by atoms with van der Waals surface area (Å²) >= 11 is 5.86. The third-order valence-corrected chi connectivity index (χ3v) is 5.09. The van der Waals surface area contributed by atoms with Crippen LogP contribution in [0.3, 0.4) is 0 Å². The first-order valence-electron chi connectivity index (χ1n) is 6.14. The minimum atomic E-state index is -3.84. The molecule has 6 nitrogen and oxygen atoms in total. The molecule has 0 aliphatic rings. The van der Waals surface area contributed by atoms with Gasteiger partial charge in [0.25, 0.3) is 0 Å². The highest BCUT2D eigenvalue weighted by molar-refractivity contribution is 7.89. The summed E-state index contributed by atoms with van der Waals surface area (Å²) in [6.45, 7) is 1.55. The molecule has 0 saturated carbocycles. The van der Waals surface area contributed by atoms with Gasteiger partial charge < -0.3 is 4.90 Å². The summed E-state index contributed by atoms with van der Waals surface area (Å²) in [5, 5.41) is 8.87.